The molecular formula is C14H13ClO3. The number of hydrogen-bond donors (Lipinski definition) is 1. The zero-order valence-electron chi connectivity index (χ0n) is 10.1. The molecule has 2 rings (SSSR count). The number of hydrogen-bond acceptors (Lipinski definition) is 3. The van der Waals surface area contributed by atoms with E-state index in [4.69, 9.17) is 21.1 Å². The van der Waals surface area contributed by atoms with Gasteiger partial charge in [0.2, 0.25) is 0 Å². The first-order valence-electron chi connectivity index (χ1n) is 5.36. The standard InChI is InChI=1S/C14H13ClO3/c1-17-11-5-10(6-12(8-11)18-2)9-3-4-13(15)14(16)7-9/h3-8,16H,1-2H3. The van der Waals surface area contributed by atoms with E-state index in [1.54, 1.807) is 32.4 Å². The molecule has 2 aromatic rings. The molecule has 4 heteroatoms. The van der Waals surface area contributed by atoms with Crippen LogP contribution in [0.3, 0.4) is 0 Å². The fraction of sp³-hybridized carbons (Fsp3) is 0.143. The summed E-state index contributed by atoms with van der Waals surface area (Å²) in [5.74, 6) is 1.44. The second kappa shape index (κ2) is 5.19. The van der Waals surface area contributed by atoms with E-state index in [0.29, 0.717) is 16.5 Å². The highest BCUT2D eigenvalue weighted by molar-refractivity contribution is 6.32. The van der Waals surface area contributed by atoms with E-state index in [2.05, 4.69) is 0 Å². The lowest BCUT2D eigenvalue weighted by molar-refractivity contribution is 0.394. The summed E-state index contributed by atoms with van der Waals surface area (Å²) in [7, 11) is 3.19. The minimum Gasteiger partial charge on any atom is -0.506 e. The van der Waals surface area contributed by atoms with Gasteiger partial charge in [-0.25, -0.2) is 0 Å². The van der Waals surface area contributed by atoms with Crippen LogP contribution in [0.4, 0.5) is 0 Å². The Morgan fingerprint density at radius 3 is 2.00 bits per heavy atom. The van der Waals surface area contributed by atoms with Gasteiger partial charge >= 0.3 is 0 Å². The van der Waals surface area contributed by atoms with E-state index in [1.807, 2.05) is 18.2 Å². The van der Waals surface area contributed by atoms with Crippen LogP contribution < -0.4 is 9.47 Å². The largest absolute Gasteiger partial charge is 0.506 e. The molecule has 0 aromatic heterocycles. The molecule has 0 aliphatic heterocycles. The Balaban J connectivity index is 2.51. The third kappa shape index (κ3) is 2.51. The number of aromatic hydroxyl groups is 1. The number of benzene rings is 2. The number of halogens is 1. The highest BCUT2D eigenvalue weighted by Crippen LogP contribution is 2.33. The van der Waals surface area contributed by atoms with Gasteiger partial charge in [-0.1, -0.05) is 17.7 Å². The molecule has 0 bridgehead atoms. The molecule has 0 amide bonds. The quantitative estimate of drug-likeness (QED) is 0.918. The Kier molecular flexibility index (Phi) is 3.63. The molecule has 94 valence electrons. The maximum absolute atomic E-state index is 9.62. The van der Waals surface area contributed by atoms with Gasteiger partial charge in [0.05, 0.1) is 19.2 Å². The molecule has 0 unspecified atom stereocenters. The van der Waals surface area contributed by atoms with E-state index in [1.165, 1.54) is 0 Å². The summed E-state index contributed by atoms with van der Waals surface area (Å²) in [4.78, 5) is 0. The van der Waals surface area contributed by atoms with Crippen molar-refractivity contribution in [2.24, 2.45) is 0 Å². The van der Waals surface area contributed by atoms with Gasteiger partial charge < -0.3 is 14.6 Å². The first-order valence-corrected chi connectivity index (χ1v) is 5.74. The van der Waals surface area contributed by atoms with Gasteiger partial charge in [-0.3, -0.25) is 0 Å². The van der Waals surface area contributed by atoms with E-state index >= 15 is 0 Å². The molecule has 3 nitrogen and oxygen atoms in total. The van der Waals surface area contributed by atoms with Crippen molar-refractivity contribution in [3.63, 3.8) is 0 Å². The fourth-order valence-corrected chi connectivity index (χ4v) is 1.78. The van der Waals surface area contributed by atoms with Crippen LogP contribution in [0, 0.1) is 0 Å². The van der Waals surface area contributed by atoms with E-state index < -0.39 is 0 Å². The highest BCUT2D eigenvalue weighted by atomic mass is 35.5. The van der Waals surface area contributed by atoms with Gasteiger partial charge in [0.25, 0.3) is 0 Å². The summed E-state index contributed by atoms with van der Waals surface area (Å²) in [6.45, 7) is 0. The summed E-state index contributed by atoms with van der Waals surface area (Å²) < 4.78 is 10.4. The molecule has 0 saturated carbocycles. The summed E-state index contributed by atoms with van der Waals surface area (Å²) in [6, 6.07) is 10.6. The third-order valence-corrected chi connectivity index (χ3v) is 2.95. The van der Waals surface area contributed by atoms with Gasteiger partial charge in [0, 0.05) is 6.07 Å². The van der Waals surface area contributed by atoms with Crippen LogP contribution in [-0.4, -0.2) is 19.3 Å². The molecular weight excluding hydrogens is 252 g/mol. The lowest BCUT2D eigenvalue weighted by atomic mass is 10.0. The SMILES string of the molecule is COc1cc(OC)cc(-c2ccc(Cl)c(O)c2)c1. The maximum atomic E-state index is 9.62. The minimum atomic E-state index is 0.0518. The van der Waals surface area contributed by atoms with E-state index in [0.717, 1.165) is 11.1 Å². The number of rotatable bonds is 3. The molecule has 0 atom stereocenters. The molecule has 0 aliphatic carbocycles. The van der Waals surface area contributed by atoms with Gasteiger partial charge in [0.1, 0.15) is 17.2 Å². The van der Waals surface area contributed by atoms with Crippen LogP contribution in [-0.2, 0) is 0 Å². The van der Waals surface area contributed by atoms with Gasteiger partial charge in [0.15, 0.2) is 0 Å². The number of phenols is 1. The predicted octanol–water partition coefficient (Wildman–Crippen LogP) is 3.73. The van der Waals surface area contributed by atoms with Crippen molar-refractivity contribution in [2.75, 3.05) is 14.2 Å². The zero-order valence-corrected chi connectivity index (χ0v) is 10.9. The molecule has 18 heavy (non-hydrogen) atoms. The summed E-state index contributed by atoms with van der Waals surface area (Å²) >= 11 is 5.79. The van der Waals surface area contributed by atoms with E-state index in [-0.39, 0.29) is 5.75 Å². The zero-order chi connectivity index (χ0) is 13.1. The predicted molar refractivity (Wildman–Crippen MR) is 71.7 cm³/mol. The van der Waals surface area contributed by atoms with Crippen molar-refractivity contribution in [1.29, 1.82) is 0 Å². The molecule has 1 N–H and O–H groups in total. The van der Waals surface area contributed by atoms with Crippen molar-refractivity contribution in [3.05, 3.63) is 41.4 Å². The molecule has 0 fully saturated rings. The minimum absolute atomic E-state index is 0.0518. The smallest absolute Gasteiger partial charge is 0.134 e. The van der Waals surface area contributed by atoms with Gasteiger partial charge in [-0.05, 0) is 35.4 Å². The van der Waals surface area contributed by atoms with Crippen molar-refractivity contribution >= 4 is 11.6 Å². The summed E-state index contributed by atoms with van der Waals surface area (Å²) in [5, 5.41) is 9.95. The normalized spacial score (nSPS) is 10.2. The van der Waals surface area contributed by atoms with Crippen molar-refractivity contribution < 1.29 is 14.6 Å². The Bertz CT molecular complexity index is 545. The molecule has 0 saturated heterocycles. The van der Waals surface area contributed by atoms with Crippen LogP contribution in [0.5, 0.6) is 17.2 Å². The average Bonchev–Trinajstić information content (AvgIpc) is 2.41. The Morgan fingerprint density at radius 1 is 0.889 bits per heavy atom. The highest BCUT2D eigenvalue weighted by Gasteiger charge is 2.06. The van der Waals surface area contributed by atoms with Crippen molar-refractivity contribution in [2.45, 2.75) is 0 Å². The topological polar surface area (TPSA) is 38.7 Å². The Labute approximate surface area is 111 Å². The monoisotopic (exact) mass is 264 g/mol. The van der Waals surface area contributed by atoms with Crippen LogP contribution in [0.1, 0.15) is 0 Å². The molecule has 0 heterocycles. The third-order valence-electron chi connectivity index (χ3n) is 2.63. The van der Waals surface area contributed by atoms with Crippen molar-refractivity contribution in [1.82, 2.24) is 0 Å². The van der Waals surface area contributed by atoms with Crippen molar-refractivity contribution in [3.8, 4) is 28.4 Å². The van der Waals surface area contributed by atoms with Crippen LogP contribution in [0.25, 0.3) is 11.1 Å². The van der Waals surface area contributed by atoms with Crippen LogP contribution in [0.15, 0.2) is 36.4 Å². The molecule has 2 aromatic carbocycles. The maximum Gasteiger partial charge on any atom is 0.134 e. The summed E-state index contributed by atoms with van der Waals surface area (Å²) in [5.41, 5.74) is 1.73. The Hall–Kier alpha value is -1.87. The number of ether oxygens (including phenoxy) is 2. The molecule has 0 aliphatic rings. The lowest BCUT2D eigenvalue weighted by Crippen LogP contribution is -1.88. The fourth-order valence-electron chi connectivity index (χ4n) is 1.67. The summed E-state index contributed by atoms with van der Waals surface area (Å²) in [6.07, 6.45) is 0. The Morgan fingerprint density at radius 2 is 1.50 bits per heavy atom. The lowest BCUT2D eigenvalue weighted by Gasteiger charge is -2.09. The van der Waals surface area contributed by atoms with Crippen LogP contribution in [0.2, 0.25) is 5.02 Å². The second-order valence-electron chi connectivity index (χ2n) is 3.77. The number of methoxy groups -OCH3 is 2. The molecule has 0 spiro atoms. The van der Waals surface area contributed by atoms with Crippen LogP contribution >= 0.6 is 11.6 Å². The first-order chi connectivity index (χ1) is 8.63. The first kappa shape index (κ1) is 12.6. The average molecular weight is 265 g/mol. The van der Waals surface area contributed by atoms with Gasteiger partial charge in [-0.15, -0.1) is 0 Å². The van der Waals surface area contributed by atoms with Gasteiger partial charge in [-0.2, -0.15) is 0 Å². The second-order valence-corrected chi connectivity index (χ2v) is 4.17. The molecule has 0 radical (unpaired) electrons. The number of phenolic OH excluding ortho intramolecular Hbond substituents is 1. The van der Waals surface area contributed by atoms with E-state index in [9.17, 15) is 5.11 Å².